The molecule has 2 rings (SSSR count). The molecule has 7 heteroatoms. The number of pyridine rings is 1. The number of anilines is 1. The number of hydrogen-bond acceptors (Lipinski definition) is 3. The first-order valence-corrected chi connectivity index (χ1v) is 6.50. The normalized spacial score (nSPS) is 20.7. The van der Waals surface area contributed by atoms with Crippen LogP contribution in [0.2, 0.25) is 5.02 Å². The molecule has 0 saturated carbocycles. The van der Waals surface area contributed by atoms with Gasteiger partial charge in [0.15, 0.2) is 0 Å². The Hall–Kier alpha value is -1.01. The molecule has 106 valence electrons. The zero-order valence-electron chi connectivity index (χ0n) is 10.3. The number of nitrogens with zero attached hydrogens (tertiary/aromatic N) is 2. The maximum atomic E-state index is 12.6. The molecule has 1 saturated heterocycles. The largest absolute Gasteiger partial charge is 0.417 e. The minimum absolute atomic E-state index is 0.0233. The van der Waals surface area contributed by atoms with Gasteiger partial charge in [0.1, 0.15) is 5.82 Å². The summed E-state index contributed by atoms with van der Waals surface area (Å²) in [5, 5.41) is 0.0233. The summed E-state index contributed by atoms with van der Waals surface area (Å²) in [6, 6.07) is 1.02. The Kier molecular flexibility index (Phi) is 4.20. The molecule has 0 radical (unpaired) electrons. The van der Waals surface area contributed by atoms with E-state index in [1.165, 1.54) is 0 Å². The first kappa shape index (κ1) is 14.4. The standard InChI is InChI=1S/C12H15ClF3N3/c13-10-5-8(12(14,15)16)7-18-11(10)19-4-2-1-3-9(19)6-17/h5,7,9H,1-4,6,17H2/t9-/m0/s1. The van der Waals surface area contributed by atoms with Crippen LogP contribution in [0.3, 0.4) is 0 Å². The van der Waals surface area contributed by atoms with Crippen molar-refractivity contribution in [1.82, 2.24) is 4.98 Å². The first-order valence-electron chi connectivity index (χ1n) is 6.13. The highest BCUT2D eigenvalue weighted by Crippen LogP contribution is 2.35. The average molecular weight is 294 g/mol. The zero-order chi connectivity index (χ0) is 14.0. The molecule has 1 atom stereocenters. The summed E-state index contributed by atoms with van der Waals surface area (Å²) < 4.78 is 37.7. The van der Waals surface area contributed by atoms with Crippen LogP contribution in [0.4, 0.5) is 19.0 Å². The van der Waals surface area contributed by atoms with Crippen molar-refractivity contribution in [3.8, 4) is 0 Å². The first-order chi connectivity index (χ1) is 8.93. The number of piperidine rings is 1. The van der Waals surface area contributed by atoms with Crippen LogP contribution in [0.25, 0.3) is 0 Å². The van der Waals surface area contributed by atoms with Crippen LogP contribution in [-0.4, -0.2) is 24.1 Å². The van der Waals surface area contributed by atoms with Crippen molar-refractivity contribution in [2.24, 2.45) is 5.73 Å². The van der Waals surface area contributed by atoms with Gasteiger partial charge >= 0.3 is 6.18 Å². The van der Waals surface area contributed by atoms with Gasteiger partial charge in [-0.05, 0) is 25.3 Å². The van der Waals surface area contributed by atoms with Gasteiger partial charge in [-0.15, -0.1) is 0 Å². The smallest absolute Gasteiger partial charge is 0.351 e. The summed E-state index contributed by atoms with van der Waals surface area (Å²) >= 11 is 5.95. The summed E-state index contributed by atoms with van der Waals surface area (Å²) in [4.78, 5) is 5.79. The van der Waals surface area contributed by atoms with Crippen molar-refractivity contribution < 1.29 is 13.2 Å². The van der Waals surface area contributed by atoms with E-state index in [1.807, 2.05) is 4.90 Å². The van der Waals surface area contributed by atoms with E-state index in [-0.39, 0.29) is 11.1 Å². The number of nitrogens with two attached hydrogens (primary N) is 1. The lowest BCUT2D eigenvalue weighted by Crippen LogP contribution is -2.44. The quantitative estimate of drug-likeness (QED) is 0.911. The van der Waals surface area contributed by atoms with Crippen LogP contribution in [-0.2, 0) is 6.18 Å². The topological polar surface area (TPSA) is 42.1 Å². The Morgan fingerprint density at radius 2 is 2.16 bits per heavy atom. The second kappa shape index (κ2) is 5.54. The van der Waals surface area contributed by atoms with E-state index in [0.29, 0.717) is 12.4 Å². The molecule has 1 aromatic heterocycles. The zero-order valence-corrected chi connectivity index (χ0v) is 11.0. The van der Waals surface area contributed by atoms with Crippen LogP contribution < -0.4 is 10.6 Å². The summed E-state index contributed by atoms with van der Waals surface area (Å²) in [5.74, 6) is 0.393. The van der Waals surface area contributed by atoms with Gasteiger partial charge in [-0.2, -0.15) is 13.2 Å². The molecule has 2 heterocycles. The van der Waals surface area contributed by atoms with E-state index in [4.69, 9.17) is 17.3 Å². The molecule has 1 aliphatic rings. The van der Waals surface area contributed by atoms with Gasteiger partial charge in [-0.25, -0.2) is 4.98 Å². The maximum Gasteiger partial charge on any atom is 0.417 e. The number of aromatic nitrogens is 1. The molecule has 3 nitrogen and oxygen atoms in total. The van der Waals surface area contributed by atoms with Gasteiger partial charge < -0.3 is 10.6 Å². The fourth-order valence-electron chi connectivity index (χ4n) is 2.32. The van der Waals surface area contributed by atoms with Crippen LogP contribution in [0.15, 0.2) is 12.3 Å². The third-order valence-corrected chi connectivity index (χ3v) is 3.60. The monoisotopic (exact) mass is 293 g/mol. The highest BCUT2D eigenvalue weighted by Gasteiger charge is 2.32. The fourth-order valence-corrected chi connectivity index (χ4v) is 2.60. The third-order valence-electron chi connectivity index (χ3n) is 3.32. The highest BCUT2D eigenvalue weighted by molar-refractivity contribution is 6.33. The molecule has 0 amide bonds. The maximum absolute atomic E-state index is 12.6. The van der Waals surface area contributed by atoms with Crippen LogP contribution in [0, 0.1) is 0 Å². The molecule has 0 aromatic carbocycles. The Balaban J connectivity index is 2.30. The lowest BCUT2D eigenvalue weighted by Gasteiger charge is -2.36. The van der Waals surface area contributed by atoms with Crippen molar-refractivity contribution >= 4 is 17.4 Å². The molecule has 19 heavy (non-hydrogen) atoms. The fraction of sp³-hybridized carbons (Fsp3) is 0.583. The Morgan fingerprint density at radius 3 is 2.74 bits per heavy atom. The molecule has 0 spiro atoms. The minimum atomic E-state index is -4.43. The molecular formula is C12H15ClF3N3. The molecule has 2 N–H and O–H groups in total. The van der Waals surface area contributed by atoms with Crippen LogP contribution in [0.1, 0.15) is 24.8 Å². The molecule has 1 aromatic rings. The molecule has 0 aliphatic carbocycles. The van der Waals surface area contributed by atoms with Crippen molar-refractivity contribution in [1.29, 1.82) is 0 Å². The molecule has 0 bridgehead atoms. The minimum Gasteiger partial charge on any atom is -0.351 e. The van der Waals surface area contributed by atoms with Gasteiger partial charge in [-0.3, -0.25) is 0 Å². The van der Waals surface area contributed by atoms with Crippen LogP contribution in [0.5, 0.6) is 0 Å². The van der Waals surface area contributed by atoms with E-state index in [1.54, 1.807) is 0 Å². The van der Waals surface area contributed by atoms with Crippen LogP contribution >= 0.6 is 11.6 Å². The van der Waals surface area contributed by atoms with E-state index in [2.05, 4.69) is 4.98 Å². The summed E-state index contributed by atoms with van der Waals surface area (Å²) in [5.41, 5.74) is 4.86. The van der Waals surface area contributed by atoms with E-state index >= 15 is 0 Å². The summed E-state index contributed by atoms with van der Waals surface area (Å²) in [6.45, 7) is 1.17. The molecule has 0 unspecified atom stereocenters. The SMILES string of the molecule is NC[C@@H]1CCCCN1c1ncc(C(F)(F)F)cc1Cl. The predicted octanol–water partition coefficient (Wildman–Crippen LogP) is 3.07. The summed E-state index contributed by atoms with van der Waals surface area (Å²) in [7, 11) is 0. The van der Waals surface area contributed by atoms with Crippen molar-refractivity contribution in [2.75, 3.05) is 18.0 Å². The number of alkyl halides is 3. The van der Waals surface area contributed by atoms with Crippen molar-refractivity contribution in [3.05, 3.63) is 22.8 Å². The van der Waals surface area contributed by atoms with Gasteiger partial charge in [0.2, 0.25) is 0 Å². The average Bonchev–Trinajstić information content (AvgIpc) is 2.37. The van der Waals surface area contributed by atoms with Crippen molar-refractivity contribution in [3.63, 3.8) is 0 Å². The Bertz CT molecular complexity index is 450. The lowest BCUT2D eigenvalue weighted by molar-refractivity contribution is -0.137. The van der Waals surface area contributed by atoms with E-state index < -0.39 is 11.7 Å². The second-order valence-corrected chi connectivity index (χ2v) is 5.01. The molecule has 1 fully saturated rings. The highest BCUT2D eigenvalue weighted by atomic mass is 35.5. The Labute approximate surface area is 114 Å². The van der Waals surface area contributed by atoms with Gasteiger partial charge in [0, 0.05) is 25.3 Å². The van der Waals surface area contributed by atoms with Gasteiger partial charge in [0.05, 0.1) is 10.6 Å². The number of rotatable bonds is 2. The number of halogens is 4. The third kappa shape index (κ3) is 3.12. The lowest BCUT2D eigenvalue weighted by atomic mass is 10.0. The van der Waals surface area contributed by atoms with E-state index in [0.717, 1.165) is 38.1 Å². The van der Waals surface area contributed by atoms with Crippen molar-refractivity contribution in [2.45, 2.75) is 31.5 Å². The second-order valence-electron chi connectivity index (χ2n) is 4.61. The molecular weight excluding hydrogens is 279 g/mol. The Morgan fingerprint density at radius 1 is 1.42 bits per heavy atom. The predicted molar refractivity (Wildman–Crippen MR) is 68.3 cm³/mol. The summed E-state index contributed by atoms with van der Waals surface area (Å²) in [6.07, 6.45) is -0.657. The van der Waals surface area contributed by atoms with Gasteiger partial charge in [-0.1, -0.05) is 11.6 Å². The van der Waals surface area contributed by atoms with Gasteiger partial charge in [0.25, 0.3) is 0 Å². The number of hydrogen-bond donors (Lipinski definition) is 1. The molecule has 1 aliphatic heterocycles. The van der Waals surface area contributed by atoms with E-state index in [9.17, 15) is 13.2 Å².